The molecule has 2 amide bonds. The molecule has 0 aliphatic carbocycles. The molecule has 2 saturated heterocycles. The van der Waals surface area contributed by atoms with Gasteiger partial charge in [0.25, 0.3) is 0 Å². The quantitative estimate of drug-likeness (QED) is 0.231. The summed E-state index contributed by atoms with van der Waals surface area (Å²) in [4.78, 5) is 17.5. The Morgan fingerprint density at radius 3 is 2.24 bits per heavy atom. The first kappa shape index (κ1) is 33.8. The number of rotatable bonds is 12. The summed E-state index contributed by atoms with van der Waals surface area (Å²) in [5.74, 6) is -0.295. The lowest BCUT2D eigenvalue weighted by molar-refractivity contribution is 0.0832. The molecule has 0 saturated carbocycles. The smallest absolute Gasteiger partial charge is 0.322 e. The predicted octanol–water partition coefficient (Wildman–Crippen LogP) is 6.51. The van der Waals surface area contributed by atoms with Gasteiger partial charge >= 0.3 is 6.03 Å². The zero-order valence-corrected chi connectivity index (χ0v) is 26.9. The minimum Gasteiger partial charge on any atom is -0.457 e. The molecule has 2 N–H and O–H groups in total. The Morgan fingerprint density at radius 1 is 0.957 bits per heavy atom. The van der Waals surface area contributed by atoms with Gasteiger partial charge in [-0.2, -0.15) is 0 Å². The maximum atomic E-state index is 14.2. The van der Waals surface area contributed by atoms with Crippen molar-refractivity contribution >= 4 is 21.7 Å². The lowest BCUT2D eigenvalue weighted by atomic mass is 10.0. The van der Waals surface area contributed by atoms with Crippen molar-refractivity contribution in [2.75, 3.05) is 38.2 Å². The molecule has 0 bridgehead atoms. The Hall–Kier alpha value is -3.58. The summed E-state index contributed by atoms with van der Waals surface area (Å²) in [6, 6.07) is 16.9. The molecule has 0 spiro atoms. The largest absolute Gasteiger partial charge is 0.457 e. The zero-order valence-electron chi connectivity index (χ0n) is 26.1. The third kappa shape index (κ3) is 9.25. The number of sulfonamides is 1. The minimum absolute atomic E-state index is 0.0267. The van der Waals surface area contributed by atoms with Crippen LogP contribution in [0, 0.1) is 11.6 Å². The summed E-state index contributed by atoms with van der Waals surface area (Å²) in [6.07, 6.45) is 4.67. The molecular formula is C34H42F2N4O5S. The van der Waals surface area contributed by atoms with Crippen LogP contribution in [0.4, 0.5) is 19.3 Å². The van der Waals surface area contributed by atoms with Crippen LogP contribution in [-0.4, -0.2) is 69.2 Å². The van der Waals surface area contributed by atoms with E-state index in [1.54, 1.807) is 29.2 Å². The maximum Gasteiger partial charge on any atom is 0.322 e. The van der Waals surface area contributed by atoms with E-state index in [2.05, 4.69) is 21.9 Å². The number of nitrogens with zero attached hydrogens (tertiary/aromatic N) is 2. The first-order valence-corrected chi connectivity index (χ1v) is 17.4. The van der Waals surface area contributed by atoms with Crippen molar-refractivity contribution in [2.24, 2.45) is 0 Å². The molecule has 46 heavy (non-hydrogen) atoms. The number of carbonyl (C=O) groups excluding carboxylic acids is 1. The molecule has 2 fully saturated rings. The van der Waals surface area contributed by atoms with Crippen LogP contribution in [0.25, 0.3) is 0 Å². The van der Waals surface area contributed by atoms with E-state index in [-0.39, 0.29) is 28.7 Å². The van der Waals surface area contributed by atoms with Crippen LogP contribution in [-0.2, 0) is 21.3 Å². The third-order valence-corrected chi connectivity index (χ3v) is 9.96. The number of nitrogens with one attached hydrogen (secondary N) is 2. The van der Waals surface area contributed by atoms with Crippen LogP contribution in [0.15, 0.2) is 71.6 Å². The normalized spacial score (nSPS) is 16.7. The van der Waals surface area contributed by atoms with Crippen molar-refractivity contribution in [1.82, 2.24) is 14.5 Å². The number of hydrogen-bond acceptors (Lipinski definition) is 6. The van der Waals surface area contributed by atoms with Gasteiger partial charge in [0.05, 0.1) is 10.6 Å². The van der Waals surface area contributed by atoms with Crippen molar-refractivity contribution in [2.45, 2.75) is 69.0 Å². The fourth-order valence-corrected chi connectivity index (χ4v) is 7.10. The third-order valence-electron chi connectivity index (χ3n) is 8.43. The number of urea groups is 1. The topological polar surface area (TPSA) is 100 Å². The highest BCUT2D eigenvalue weighted by atomic mass is 32.2. The fourth-order valence-electron chi connectivity index (χ4n) is 5.79. The average Bonchev–Trinajstić information content (AvgIpc) is 3.05. The summed E-state index contributed by atoms with van der Waals surface area (Å²) in [5, 5.41) is 2.63. The summed E-state index contributed by atoms with van der Waals surface area (Å²) in [5.41, 5.74) is 1.10. The fraction of sp³-hybridized carbons (Fsp3) is 0.441. The van der Waals surface area contributed by atoms with Crippen molar-refractivity contribution in [1.29, 1.82) is 0 Å². The summed E-state index contributed by atoms with van der Waals surface area (Å²) < 4.78 is 67.0. The number of unbranched alkanes of at least 4 members (excludes halogenated alkanes) is 1. The van der Waals surface area contributed by atoms with Gasteiger partial charge in [-0.15, -0.1) is 0 Å². The minimum atomic E-state index is -3.62. The van der Waals surface area contributed by atoms with Crippen LogP contribution >= 0.6 is 0 Å². The lowest BCUT2D eigenvalue weighted by Crippen LogP contribution is -2.49. The molecule has 2 heterocycles. The number of hydrogen-bond donors (Lipinski definition) is 2. The second-order valence-corrected chi connectivity index (χ2v) is 13.5. The van der Waals surface area contributed by atoms with Gasteiger partial charge < -0.3 is 19.7 Å². The van der Waals surface area contributed by atoms with Gasteiger partial charge in [-0.3, -0.25) is 4.90 Å². The van der Waals surface area contributed by atoms with E-state index in [9.17, 15) is 22.0 Å². The van der Waals surface area contributed by atoms with Gasteiger partial charge in [-0.1, -0.05) is 25.5 Å². The number of benzene rings is 3. The zero-order chi connectivity index (χ0) is 32.5. The van der Waals surface area contributed by atoms with Crippen LogP contribution in [0.3, 0.4) is 0 Å². The summed E-state index contributed by atoms with van der Waals surface area (Å²) >= 11 is 0. The van der Waals surface area contributed by atoms with Crippen molar-refractivity contribution < 1.29 is 31.5 Å². The van der Waals surface area contributed by atoms with Gasteiger partial charge in [-0.05, 0) is 86.2 Å². The first-order chi connectivity index (χ1) is 22.2. The maximum absolute atomic E-state index is 14.2. The van der Waals surface area contributed by atoms with E-state index < -0.39 is 21.7 Å². The number of ether oxygens (including phenoxy) is 2. The van der Waals surface area contributed by atoms with E-state index in [0.29, 0.717) is 44.1 Å². The Kier molecular flexibility index (Phi) is 11.6. The number of likely N-dealkylation sites (tertiary alicyclic amines) is 1. The van der Waals surface area contributed by atoms with E-state index in [1.165, 1.54) is 6.07 Å². The highest BCUT2D eigenvalue weighted by Gasteiger charge is 2.28. The highest BCUT2D eigenvalue weighted by molar-refractivity contribution is 7.89. The standard InChI is InChI=1S/C34H42F2N4O5S/c1-2-3-18-40(34(41)37-33-13-6-26(35)23-32(33)36)28-14-19-39(20-15-28)24-25-4-7-29(8-5-25)45-30-9-11-31(12-10-30)46(42,43)38-27-16-21-44-22-17-27/h4-13,23,27-28,38H,2-3,14-22,24H2,1H3,(H,37,41). The Morgan fingerprint density at radius 2 is 1.61 bits per heavy atom. The number of halogens is 2. The molecule has 248 valence electrons. The molecule has 3 aromatic carbocycles. The molecule has 12 heteroatoms. The molecule has 0 unspecified atom stereocenters. The molecule has 9 nitrogen and oxygen atoms in total. The molecule has 0 aromatic heterocycles. The molecule has 2 aliphatic rings. The Labute approximate surface area is 269 Å². The number of piperidine rings is 1. The van der Waals surface area contributed by atoms with E-state index in [0.717, 1.165) is 63.0 Å². The summed E-state index contributed by atoms with van der Waals surface area (Å²) in [7, 11) is -3.62. The Balaban J connectivity index is 1.10. The highest BCUT2D eigenvalue weighted by Crippen LogP contribution is 2.26. The van der Waals surface area contributed by atoms with E-state index >= 15 is 0 Å². The number of carbonyl (C=O) groups is 1. The lowest BCUT2D eigenvalue weighted by Gasteiger charge is -2.38. The molecule has 0 atom stereocenters. The van der Waals surface area contributed by atoms with Crippen LogP contribution < -0.4 is 14.8 Å². The molecular weight excluding hydrogens is 614 g/mol. The van der Waals surface area contributed by atoms with Gasteiger partial charge in [0.15, 0.2) is 0 Å². The van der Waals surface area contributed by atoms with Crippen LogP contribution in [0.5, 0.6) is 11.5 Å². The van der Waals surface area contributed by atoms with Crippen molar-refractivity contribution in [3.8, 4) is 11.5 Å². The second kappa shape index (κ2) is 15.8. The second-order valence-electron chi connectivity index (χ2n) is 11.8. The Bertz CT molecular complexity index is 1540. The molecule has 0 radical (unpaired) electrons. The van der Waals surface area contributed by atoms with Gasteiger partial charge in [0.2, 0.25) is 10.0 Å². The monoisotopic (exact) mass is 656 g/mol. The van der Waals surface area contributed by atoms with Gasteiger partial charge in [0, 0.05) is 57.5 Å². The number of amides is 2. The van der Waals surface area contributed by atoms with E-state index in [1.807, 2.05) is 24.3 Å². The number of anilines is 1. The van der Waals surface area contributed by atoms with Gasteiger partial charge in [0.1, 0.15) is 23.1 Å². The SMILES string of the molecule is CCCCN(C(=O)Nc1ccc(F)cc1F)C1CCN(Cc2ccc(Oc3ccc(S(=O)(=O)NC4CCOCC4)cc3)cc2)CC1. The summed E-state index contributed by atoms with van der Waals surface area (Å²) in [6.45, 7) is 6.11. The predicted molar refractivity (Wildman–Crippen MR) is 172 cm³/mol. The molecule has 3 aromatic rings. The molecule has 2 aliphatic heterocycles. The van der Waals surface area contributed by atoms with Crippen molar-refractivity contribution in [3.63, 3.8) is 0 Å². The first-order valence-electron chi connectivity index (χ1n) is 15.9. The van der Waals surface area contributed by atoms with Crippen molar-refractivity contribution in [3.05, 3.63) is 83.9 Å². The van der Waals surface area contributed by atoms with E-state index in [4.69, 9.17) is 9.47 Å². The van der Waals surface area contributed by atoms with Crippen LogP contribution in [0.2, 0.25) is 0 Å². The molecule has 5 rings (SSSR count). The van der Waals surface area contributed by atoms with Gasteiger partial charge in [-0.25, -0.2) is 26.7 Å². The average molecular weight is 657 g/mol. The van der Waals surface area contributed by atoms with Crippen LogP contribution in [0.1, 0.15) is 51.0 Å².